The Balaban J connectivity index is 1.37. The second-order valence-electron chi connectivity index (χ2n) is 7.80. The molecule has 0 saturated carbocycles. The molecule has 3 heterocycles. The monoisotopic (exact) mass is 378 g/mol. The molecule has 1 amide bonds. The zero-order valence-corrected chi connectivity index (χ0v) is 15.6. The fourth-order valence-corrected chi connectivity index (χ4v) is 4.84. The van der Waals surface area contributed by atoms with Gasteiger partial charge in [-0.3, -0.25) is 4.79 Å². The highest BCUT2D eigenvalue weighted by Crippen LogP contribution is 2.43. The number of rotatable bonds is 4. The van der Waals surface area contributed by atoms with Gasteiger partial charge in [0.15, 0.2) is 0 Å². The van der Waals surface area contributed by atoms with Gasteiger partial charge in [0, 0.05) is 38.5 Å². The van der Waals surface area contributed by atoms with Gasteiger partial charge in [0.2, 0.25) is 5.91 Å². The summed E-state index contributed by atoms with van der Waals surface area (Å²) in [6.45, 7) is 3.13. The van der Waals surface area contributed by atoms with Crippen LogP contribution in [0.4, 0.5) is 4.39 Å². The molecule has 2 saturated heterocycles. The summed E-state index contributed by atoms with van der Waals surface area (Å²) in [7, 11) is 0. The summed E-state index contributed by atoms with van der Waals surface area (Å²) < 4.78 is 15.9. The van der Waals surface area contributed by atoms with Crippen molar-refractivity contribution in [3.05, 3.63) is 66.2 Å². The summed E-state index contributed by atoms with van der Waals surface area (Å²) in [6.07, 6.45) is 2.21. The Hall–Kier alpha value is -2.73. The second-order valence-corrected chi connectivity index (χ2v) is 7.80. The number of benzene rings is 2. The molecule has 144 valence electrons. The van der Waals surface area contributed by atoms with E-state index in [-0.39, 0.29) is 17.8 Å². The molecule has 5 rings (SSSR count). The Morgan fingerprint density at radius 3 is 2.96 bits per heavy atom. The highest BCUT2D eigenvalue weighted by atomic mass is 19.1. The third-order valence-corrected chi connectivity index (χ3v) is 6.17. The largest absolute Gasteiger partial charge is 0.335 e. The van der Waals surface area contributed by atoms with Gasteiger partial charge in [-0.25, -0.2) is 9.37 Å². The molecule has 6 heteroatoms. The summed E-state index contributed by atoms with van der Waals surface area (Å²) >= 11 is 0. The lowest BCUT2D eigenvalue weighted by molar-refractivity contribution is -0.132. The molecule has 1 N–H and O–H groups in total. The van der Waals surface area contributed by atoms with Gasteiger partial charge >= 0.3 is 0 Å². The number of carbonyl (C=O) groups is 1. The quantitative estimate of drug-likeness (QED) is 0.759. The maximum Gasteiger partial charge on any atom is 0.224 e. The molecule has 0 bridgehead atoms. The number of hydrogen-bond donors (Lipinski definition) is 1. The summed E-state index contributed by atoms with van der Waals surface area (Å²) in [6, 6.07) is 14.6. The summed E-state index contributed by atoms with van der Waals surface area (Å²) in [5.41, 5.74) is 2.88. The van der Waals surface area contributed by atoms with Crippen molar-refractivity contribution in [2.24, 2.45) is 11.8 Å². The third kappa shape index (κ3) is 2.98. The number of nitrogens with one attached hydrogen (secondary N) is 1. The minimum Gasteiger partial charge on any atom is -0.335 e. The first-order valence-electron chi connectivity index (χ1n) is 9.86. The standard InChI is InChI=1S/C22H23FN4O/c23-17-5-3-4-15(10-17)22-18-12-24-11-16(18)13-27(22)21(28)8-9-26-14-25-19-6-1-2-7-20(19)26/h1-7,10,14,16,18,22,24H,8-9,11-13H2/t16-,18-,22+/m0/s1. The number of halogens is 1. The van der Waals surface area contributed by atoms with Crippen LogP contribution in [0.5, 0.6) is 0 Å². The van der Waals surface area contributed by atoms with Crippen molar-refractivity contribution < 1.29 is 9.18 Å². The molecular weight excluding hydrogens is 355 g/mol. The van der Waals surface area contributed by atoms with E-state index in [0.717, 1.165) is 36.2 Å². The maximum absolute atomic E-state index is 13.8. The topological polar surface area (TPSA) is 50.2 Å². The van der Waals surface area contributed by atoms with Crippen molar-refractivity contribution in [2.75, 3.05) is 19.6 Å². The molecule has 2 fully saturated rings. The van der Waals surface area contributed by atoms with Gasteiger partial charge in [-0.15, -0.1) is 0 Å². The van der Waals surface area contributed by atoms with Crippen LogP contribution in [0.1, 0.15) is 18.0 Å². The van der Waals surface area contributed by atoms with E-state index in [4.69, 9.17) is 0 Å². The van der Waals surface area contributed by atoms with E-state index in [1.807, 2.05) is 39.8 Å². The van der Waals surface area contributed by atoms with Crippen molar-refractivity contribution in [1.82, 2.24) is 19.8 Å². The minimum atomic E-state index is -0.246. The fourth-order valence-electron chi connectivity index (χ4n) is 4.84. The van der Waals surface area contributed by atoms with Crippen molar-refractivity contribution in [2.45, 2.75) is 19.0 Å². The smallest absolute Gasteiger partial charge is 0.224 e. The number of carbonyl (C=O) groups excluding carboxylic acids is 1. The molecule has 1 aromatic heterocycles. The van der Waals surface area contributed by atoms with Gasteiger partial charge in [0.1, 0.15) is 5.82 Å². The lowest BCUT2D eigenvalue weighted by Gasteiger charge is -2.28. The van der Waals surface area contributed by atoms with Crippen molar-refractivity contribution in [3.63, 3.8) is 0 Å². The number of para-hydroxylation sites is 2. The maximum atomic E-state index is 13.8. The highest BCUT2D eigenvalue weighted by molar-refractivity contribution is 5.78. The van der Waals surface area contributed by atoms with Crippen LogP contribution in [0.25, 0.3) is 11.0 Å². The van der Waals surface area contributed by atoms with Crippen molar-refractivity contribution in [1.29, 1.82) is 0 Å². The second kappa shape index (κ2) is 7.02. The Morgan fingerprint density at radius 1 is 1.18 bits per heavy atom. The van der Waals surface area contributed by atoms with E-state index in [9.17, 15) is 9.18 Å². The molecule has 28 heavy (non-hydrogen) atoms. The number of fused-ring (bicyclic) bond motifs is 2. The van der Waals surface area contributed by atoms with E-state index in [1.54, 1.807) is 18.5 Å². The third-order valence-electron chi connectivity index (χ3n) is 6.17. The van der Waals surface area contributed by atoms with Crippen LogP contribution in [0, 0.1) is 17.7 Å². The van der Waals surface area contributed by atoms with Crippen LogP contribution in [0.3, 0.4) is 0 Å². The summed E-state index contributed by atoms with van der Waals surface area (Å²) in [5, 5.41) is 3.43. The Bertz CT molecular complexity index is 1020. The summed E-state index contributed by atoms with van der Waals surface area (Å²) in [5.74, 6) is 0.664. The minimum absolute atomic E-state index is 0.0530. The number of aromatic nitrogens is 2. The van der Waals surface area contributed by atoms with E-state index in [2.05, 4.69) is 10.3 Å². The SMILES string of the molecule is O=C(CCn1cnc2ccccc21)N1C[C@@H]2CNC[C@@H]2[C@H]1c1cccc(F)c1. The average molecular weight is 378 g/mol. The van der Waals surface area contributed by atoms with Crippen LogP contribution >= 0.6 is 0 Å². The normalized spacial score (nSPS) is 24.0. The van der Waals surface area contributed by atoms with E-state index < -0.39 is 0 Å². The zero-order valence-electron chi connectivity index (χ0n) is 15.6. The lowest BCUT2D eigenvalue weighted by atomic mass is 9.89. The number of imidazole rings is 1. The van der Waals surface area contributed by atoms with Gasteiger partial charge < -0.3 is 14.8 Å². The van der Waals surface area contributed by atoms with Crippen LogP contribution in [0.2, 0.25) is 0 Å². The van der Waals surface area contributed by atoms with Crippen LogP contribution in [-0.2, 0) is 11.3 Å². The number of likely N-dealkylation sites (tertiary alicyclic amines) is 1. The molecule has 3 aromatic rings. The number of hydrogen-bond acceptors (Lipinski definition) is 3. The zero-order chi connectivity index (χ0) is 19.1. The average Bonchev–Trinajstić information content (AvgIpc) is 3.40. The van der Waals surface area contributed by atoms with Crippen molar-refractivity contribution in [3.8, 4) is 0 Å². The molecule has 0 radical (unpaired) electrons. The Kier molecular flexibility index (Phi) is 4.36. The fraction of sp³-hybridized carbons (Fsp3) is 0.364. The highest BCUT2D eigenvalue weighted by Gasteiger charge is 2.46. The Morgan fingerprint density at radius 2 is 2.07 bits per heavy atom. The molecule has 0 aliphatic carbocycles. The molecule has 2 aliphatic heterocycles. The van der Waals surface area contributed by atoms with E-state index >= 15 is 0 Å². The van der Waals surface area contributed by atoms with Gasteiger partial charge in [0.05, 0.1) is 23.4 Å². The number of amides is 1. The van der Waals surface area contributed by atoms with Crippen LogP contribution in [0.15, 0.2) is 54.9 Å². The van der Waals surface area contributed by atoms with Gasteiger partial charge in [-0.2, -0.15) is 0 Å². The number of nitrogens with zero attached hydrogens (tertiary/aromatic N) is 3. The van der Waals surface area contributed by atoms with Crippen LogP contribution < -0.4 is 5.32 Å². The first-order chi connectivity index (χ1) is 13.7. The number of aryl methyl sites for hydroxylation is 1. The molecule has 2 aliphatic rings. The molecule has 3 atom stereocenters. The molecule has 0 unspecified atom stereocenters. The van der Waals surface area contributed by atoms with Gasteiger partial charge in [0.25, 0.3) is 0 Å². The van der Waals surface area contributed by atoms with E-state index in [0.29, 0.717) is 24.8 Å². The first-order valence-corrected chi connectivity index (χ1v) is 9.86. The first kappa shape index (κ1) is 17.4. The molecule has 5 nitrogen and oxygen atoms in total. The predicted octanol–water partition coefficient (Wildman–Crippen LogP) is 2.98. The van der Waals surface area contributed by atoms with E-state index in [1.165, 1.54) is 6.07 Å². The lowest BCUT2D eigenvalue weighted by Crippen LogP contribution is -2.35. The predicted molar refractivity (Wildman–Crippen MR) is 105 cm³/mol. The van der Waals surface area contributed by atoms with Crippen LogP contribution in [-0.4, -0.2) is 40.0 Å². The molecule has 2 aromatic carbocycles. The Labute approximate surface area is 163 Å². The van der Waals surface area contributed by atoms with Crippen molar-refractivity contribution >= 4 is 16.9 Å². The molecular formula is C22H23FN4O. The van der Waals surface area contributed by atoms with Gasteiger partial charge in [-0.05, 0) is 35.7 Å². The molecule has 0 spiro atoms. The van der Waals surface area contributed by atoms with Gasteiger partial charge in [-0.1, -0.05) is 24.3 Å². The summed E-state index contributed by atoms with van der Waals surface area (Å²) in [4.78, 5) is 19.5.